The normalized spacial score (nSPS) is 13.3. The molecule has 0 aliphatic carbocycles. The molecule has 2 aromatic rings. The Bertz CT molecular complexity index is 665. The molecule has 0 aromatic heterocycles. The van der Waals surface area contributed by atoms with Gasteiger partial charge in [0.25, 0.3) is 6.43 Å². The second-order valence-electron chi connectivity index (χ2n) is 5.42. The van der Waals surface area contributed by atoms with Gasteiger partial charge in [0.05, 0.1) is 0 Å². The molecule has 2 atom stereocenters. The Kier molecular flexibility index (Phi) is 6.85. The van der Waals surface area contributed by atoms with Crippen LogP contribution >= 0.6 is 0 Å². The highest BCUT2D eigenvalue weighted by molar-refractivity contribution is 5.67. The number of aliphatic hydroxyl groups excluding tert-OH is 2. The lowest BCUT2D eigenvalue weighted by molar-refractivity contribution is 0.0183. The van der Waals surface area contributed by atoms with Crippen LogP contribution < -0.4 is 5.32 Å². The number of ether oxygens (including phenoxy) is 1. The highest BCUT2D eigenvalue weighted by Gasteiger charge is 2.20. The number of hydrogen-bond acceptors (Lipinski definition) is 4. The van der Waals surface area contributed by atoms with Gasteiger partial charge in [-0.2, -0.15) is 0 Å². The van der Waals surface area contributed by atoms with E-state index in [4.69, 9.17) is 4.74 Å². The van der Waals surface area contributed by atoms with E-state index in [0.717, 1.165) is 5.56 Å². The lowest BCUT2D eigenvalue weighted by Crippen LogP contribution is -2.35. The molecule has 3 N–H and O–H groups in total. The predicted octanol–water partition coefficient (Wildman–Crippen LogP) is 2.94. The maximum Gasteiger partial charge on any atom is 0.407 e. The van der Waals surface area contributed by atoms with Crippen LogP contribution in [0.1, 0.15) is 29.2 Å². The van der Waals surface area contributed by atoms with Gasteiger partial charge in [0.1, 0.15) is 18.8 Å². The third-order valence-corrected chi connectivity index (χ3v) is 3.56. The van der Waals surface area contributed by atoms with Gasteiger partial charge in [-0.15, -0.1) is 0 Å². The van der Waals surface area contributed by atoms with Crippen molar-refractivity contribution < 1.29 is 28.5 Å². The van der Waals surface area contributed by atoms with E-state index >= 15 is 0 Å². The summed E-state index contributed by atoms with van der Waals surface area (Å²) in [6, 6.07) is 14.0. The highest BCUT2D eigenvalue weighted by Crippen LogP contribution is 2.22. The Morgan fingerprint density at radius 3 is 2.20 bits per heavy atom. The highest BCUT2D eigenvalue weighted by atomic mass is 19.3. The Labute approximate surface area is 143 Å². The zero-order valence-electron chi connectivity index (χ0n) is 13.3. The summed E-state index contributed by atoms with van der Waals surface area (Å²) in [4.78, 5) is 11.6. The van der Waals surface area contributed by atoms with Crippen LogP contribution in [0.3, 0.4) is 0 Å². The summed E-state index contributed by atoms with van der Waals surface area (Å²) in [5, 5.41) is 22.3. The predicted molar refractivity (Wildman–Crippen MR) is 87.0 cm³/mol. The maximum atomic E-state index is 12.5. The molecule has 2 aromatic carbocycles. The lowest BCUT2D eigenvalue weighted by atomic mass is 10.0. The van der Waals surface area contributed by atoms with Crippen molar-refractivity contribution in [3.05, 3.63) is 71.3 Å². The second-order valence-corrected chi connectivity index (χ2v) is 5.42. The first-order valence-corrected chi connectivity index (χ1v) is 7.66. The van der Waals surface area contributed by atoms with Crippen LogP contribution in [-0.4, -0.2) is 29.0 Å². The first kappa shape index (κ1) is 18.8. The number of hydrogen-bond donors (Lipinski definition) is 3. The molecule has 0 fully saturated rings. The van der Waals surface area contributed by atoms with Gasteiger partial charge in [0, 0.05) is 12.1 Å². The molecule has 0 aliphatic heterocycles. The molecule has 0 saturated carbocycles. The van der Waals surface area contributed by atoms with Crippen molar-refractivity contribution in [1.82, 2.24) is 5.32 Å². The fourth-order valence-electron chi connectivity index (χ4n) is 2.13. The lowest BCUT2D eigenvalue weighted by Gasteiger charge is -2.19. The monoisotopic (exact) mass is 351 g/mol. The third kappa shape index (κ3) is 5.81. The molecular formula is C18H19F2NO4. The number of rotatable bonds is 7. The van der Waals surface area contributed by atoms with E-state index in [9.17, 15) is 23.8 Å². The van der Waals surface area contributed by atoms with Crippen LogP contribution in [0.2, 0.25) is 0 Å². The quantitative estimate of drug-likeness (QED) is 0.717. The fourth-order valence-corrected chi connectivity index (χ4v) is 2.13. The fraction of sp³-hybridized carbons (Fsp3) is 0.278. The molecule has 0 saturated heterocycles. The smallest absolute Gasteiger partial charge is 0.407 e. The third-order valence-electron chi connectivity index (χ3n) is 3.56. The average Bonchev–Trinajstić information content (AvgIpc) is 2.64. The van der Waals surface area contributed by atoms with E-state index < -0.39 is 24.7 Å². The topological polar surface area (TPSA) is 78.8 Å². The summed E-state index contributed by atoms with van der Waals surface area (Å²) in [6.45, 7) is -0.161. The van der Waals surface area contributed by atoms with Crippen molar-refractivity contribution >= 4 is 6.09 Å². The van der Waals surface area contributed by atoms with E-state index in [1.54, 1.807) is 12.1 Å². The Balaban J connectivity index is 1.78. The number of alkyl carbamates (subject to hydrolysis) is 1. The zero-order valence-corrected chi connectivity index (χ0v) is 13.3. The van der Waals surface area contributed by atoms with E-state index in [1.807, 2.05) is 18.2 Å². The van der Waals surface area contributed by atoms with Crippen molar-refractivity contribution in [3.8, 4) is 0 Å². The SMILES string of the molecule is O=C(NCC(O)C(O)c1ccc(C(F)F)cc1)OCc1ccccc1. The zero-order chi connectivity index (χ0) is 18.2. The molecular weight excluding hydrogens is 332 g/mol. The largest absolute Gasteiger partial charge is 0.445 e. The van der Waals surface area contributed by atoms with Crippen LogP contribution in [0.25, 0.3) is 0 Å². The molecule has 0 spiro atoms. The van der Waals surface area contributed by atoms with Gasteiger partial charge in [-0.3, -0.25) is 0 Å². The molecule has 0 bridgehead atoms. The number of carbonyl (C=O) groups is 1. The number of benzene rings is 2. The summed E-state index contributed by atoms with van der Waals surface area (Å²) in [7, 11) is 0. The van der Waals surface area contributed by atoms with Crippen molar-refractivity contribution in [3.63, 3.8) is 0 Å². The van der Waals surface area contributed by atoms with Crippen LogP contribution in [0.4, 0.5) is 13.6 Å². The number of alkyl halides is 2. The molecule has 0 aliphatic rings. The minimum absolute atomic E-state index is 0.0837. The van der Waals surface area contributed by atoms with Crippen LogP contribution in [0.15, 0.2) is 54.6 Å². The number of halogens is 2. The van der Waals surface area contributed by atoms with Crippen molar-refractivity contribution in [2.24, 2.45) is 0 Å². The number of amides is 1. The molecule has 2 unspecified atom stereocenters. The van der Waals surface area contributed by atoms with Crippen LogP contribution in [0, 0.1) is 0 Å². The number of aliphatic hydroxyl groups is 2. The van der Waals surface area contributed by atoms with Gasteiger partial charge in [-0.1, -0.05) is 54.6 Å². The molecule has 1 amide bonds. The molecule has 0 radical (unpaired) electrons. The standard InChI is InChI=1S/C18H19F2NO4/c19-17(20)14-8-6-13(7-9-14)16(23)15(22)10-21-18(24)25-11-12-4-2-1-3-5-12/h1-9,15-17,22-23H,10-11H2,(H,21,24). The Morgan fingerprint density at radius 1 is 1.00 bits per heavy atom. The number of carbonyl (C=O) groups excluding carboxylic acids is 1. The minimum atomic E-state index is -2.60. The summed E-state index contributed by atoms with van der Waals surface area (Å²) in [6.07, 6.45) is -5.96. The molecule has 7 heteroatoms. The van der Waals surface area contributed by atoms with Gasteiger partial charge in [-0.25, -0.2) is 13.6 Å². The van der Waals surface area contributed by atoms with Crippen molar-refractivity contribution in [2.45, 2.75) is 25.2 Å². The summed E-state index contributed by atoms with van der Waals surface area (Å²) < 4.78 is 30.0. The first-order chi connectivity index (χ1) is 12.0. The number of nitrogens with one attached hydrogen (secondary N) is 1. The molecule has 134 valence electrons. The molecule has 5 nitrogen and oxygen atoms in total. The van der Waals surface area contributed by atoms with Gasteiger partial charge >= 0.3 is 6.09 Å². The minimum Gasteiger partial charge on any atom is -0.445 e. The Morgan fingerprint density at radius 2 is 1.60 bits per heavy atom. The van der Waals surface area contributed by atoms with Gasteiger partial charge in [0.2, 0.25) is 0 Å². The maximum absolute atomic E-state index is 12.5. The average molecular weight is 351 g/mol. The molecule has 0 heterocycles. The first-order valence-electron chi connectivity index (χ1n) is 7.66. The second kappa shape index (κ2) is 9.10. The van der Waals surface area contributed by atoms with E-state index in [-0.39, 0.29) is 24.3 Å². The summed E-state index contributed by atoms with van der Waals surface area (Å²) >= 11 is 0. The van der Waals surface area contributed by atoms with E-state index in [0.29, 0.717) is 0 Å². The van der Waals surface area contributed by atoms with Gasteiger partial charge in [0.15, 0.2) is 0 Å². The summed E-state index contributed by atoms with van der Waals surface area (Å²) in [5.41, 5.74) is 0.918. The van der Waals surface area contributed by atoms with Gasteiger partial charge in [-0.05, 0) is 11.1 Å². The van der Waals surface area contributed by atoms with Gasteiger partial charge < -0.3 is 20.3 Å². The molecule has 2 rings (SSSR count). The van der Waals surface area contributed by atoms with E-state index in [1.165, 1.54) is 24.3 Å². The van der Waals surface area contributed by atoms with Crippen LogP contribution in [-0.2, 0) is 11.3 Å². The van der Waals surface area contributed by atoms with Crippen molar-refractivity contribution in [1.29, 1.82) is 0 Å². The summed E-state index contributed by atoms with van der Waals surface area (Å²) in [5.74, 6) is 0. The Hall–Kier alpha value is -2.51. The van der Waals surface area contributed by atoms with Crippen molar-refractivity contribution in [2.75, 3.05) is 6.54 Å². The van der Waals surface area contributed by atoms with E-state index in [2.05, 4.69) is 5.32 Å². The van der Waals surface area contributed by atoms with Crippen LogP contribution in [0.5, 0.6) is 0 Å². The molecule has 25 heavy (non-hydrogen) atoms.